The minimum Gasteiger partial charge on any atom is -0.311 e. The molecule has 27 heavy (non-hydrogen) atoms. The molecule has 8 heteroatoms. The maximum atomic E-state index is 13.0. The first-order valence-corrected chi connectivity index (χ1v) is 10.2. The van der Waals surface area contributed by atoms with Gasteiger partial charge in [-0.2, -0.15) is 5.10 Å². The van der Waals surface area contributed by atoms with Gasteiger partial charge in [0.2, 0.25) is 11.8 Å². The van der Waals surface area contributed by atoms with E-state index in [1.54, 1.807) is 16.0 Å². The number of hydrogen-bond donors (Lipinski definition) is 1. The van der Waals surface area contributed by atoms with Crippen LogP contribution < -0.4 is 5.32 Å². The normalized spacial score (nSPS) is 19.6. The summed E-state index contributed by atoms with van der Waals surface area (Å²) in [5.74, 6) is -1.95. The Kier molecular flexibility index (Phi) is 4.56. The lowest BCUT2D eigenvalue weighted by Gasteiger charge is -2.34. The molecular formula is C19H24F2N4OS. The third-order valence-corrected chi connectivity index (χ3v) is 6.70. The van der Waals surface area contributed by atoms with Crippen LogP contribution in [0, 0.1) is 19.8 Å². The Labute approximate surface area is 161 Å². The zero-order valence-corrected chi connectivity index (χ0v) is 16.6. The summed E-state index contributed by atoms with van der Waals surface area (Å²) in [6.45, 7) is 3.96. The lowest BCUT2D eigenvalue weighted by Crippen LogP contribution is -2.37. The van der Waals surface area contributed by atoms with Crippen molar-refractivity contribution < 1.29 is 13.6 Å². The molecule has 2 aliphatic rings. The molecule has 0 bridgehead atoms. The van der Waals surface area contributed by atoms with E-state index in [2.05, 4.69) is 10.3 Å². The predicted octanol–water partition coefficient (Wildman–Crippen LogP) is 4.80. The Morgan fingerprint density at radius 3 is 2.56 bits per heavy atom. The number of carbonyl (C=O) groups excluding carboxylic acids is 1. The third-order valence-electron chi connectivity index (χ3n) is 5.62. The van der Waals surface area contributed by atoms with E-state index in [9.17, 15) is 13.6 Å². The number of amides is 1. The van der Waals surface area contributed by atoms with Gasteiger partial charge in [0.15, 0.2) is 0 Å². The van der Waals surface area contributed by atoms with E-state index in [0.717, 1.165) is 39.7 Å². The van der Waals surface area contributed by atoms with Crippen LogP contribution in [0.2, 0.25) is 0 Å². The van der Waals surface area contributed by atoms with Crippen molar-refractivity contribution in [2.24, 2.45) is 13.0 Å². The molecule has 2 aromatic heterocycles. The number of alkyl halides is 2. The Balaban J connectivity index is 1.60. The van der Waals surface area contributed by atoms with Crippen molar-refractivity contribution in [3.8, 4) is 10.6 Å². The number of carbonyl (C=O) groups is 1. The van der Waals surface area contributed by atoms with Crippen LogP contribution in [0.1, 0.15) is 60.7 Å². The summed E-state index contributed by atoms with van der Waals surface area (Å²) >= 11 is 1.61. The van der Waals surface area contributed by atoms with E-state index in [1.807, 2.05) is 20.9 Å². The van der Waals surface area contributed by atoms with Crippen molar-refractivity contribution >= 4 is 23.1 Å². The first kappa shape index (κ1) is 18.5. The van der Waals surface area contributed by atoms with Crippen molar-refractivity contribution in [2.75, 3.05) is 5.32 Å². The van der Waals surface area contributed by atoms with E-state index in [1.165, 1.54) is 6.42 Å². The van der Waals surface area contributed by atoms with Gasteiger partial charge in [-0.15, -0.1) is 11.3 Å². The summed E-state index contributed by atoms with van der Waals surface area (Å²) in [7, 11) is 1.82. The lowest BCUT2D eigenvalue weighted by atomic mass is 9.78. The Bertz CT molecular complexity index is 877. The monoisotopic (exact) mass is 394 g/mol. The zero-order valence-electron chi connectivity index (χ0n) is 15.8. The van der Waals surface area contributed by atoms with Gasteiger partial charge in [0.1, 0.15) is 11.5 Å². The molecule has 0 unspecified atom stereocenters. The number of rotatable bonds is 5. The second-order valence-corrected chi connectivity index (χ2v) is 9.10. The van der Waals surface area contributed by atoms with Gasteiger partial charge in [-0.3, -0.25) is 9.48 Å². The van der Waals surface area contributed by atoms with Crippen LogP contribution in [0.5, 0.6) is 0 Å². The van der Waals surface area contributed by atoms with Gasteiger partial charge >= 0.3 is 0 Å². The van der Waals surface area contributed by atoms with Crippen molar-refractivity contribution in [1.29, 1.82) is 0 Å². The summed E-state index contributed by atoms with van der Waals surface area (Å²) in [5, 5.41) is 8.66. The van der Waals surface area contributed by atoms with Crippen LogP contribution in [0.3, 0.4) is 0 Å². The number of aryl methyl sites for hydroxylation is 3. The molecule has 4 rings (SSSR count). The van der Waals surface area contributed by atoms with Gasteiger partial charge in [-0.05, 0) is 38.5 Å². The van der Waals surface area contributed by atoms with Crippen molar-refractivity contribution in [1.82, 2.24) is 14.8 Å². The van der Waals surface area contributed by atoms with Gasteiger partial charge in [-0.25, -0.2) is 13.8 Å². The molecule has 2 fully saturated rings. The van der Waals surface area contributed by atoms with Crippen molar-refractivity contribution in [3.05, 3.63) is 16.3 Å². The maximum absolute atomic E-state index is 13.0. The van der Waals surface area contributed by atoms with Crippen molar-refractivity contribution in [3.63, 3.8) is 0 Å². The molecule has 2 saturated carbocycles. The third kappa shape index (κ3) is 3.51. The molecule has 146 valence electrons. The minimum atomic E-state index is -2.59. The summed E-state index contributed by atoms with van der Waals surface area (Å²) in [6.07, 6.45) is 3.08. The van der Waals surface area contributed by atoms with Crippen LogP contribution >= 0.6 is 11.3 Å². The number of nitrogens with zero attached hydrogens (tertiary/aromatic N) is 3. The average Bonchev–Trinajstić information content (AvgIpc) is 2.97. The molecule has 0 radical (unpaired) electrons. The summed E-state index contributed by atoms with van der Waals surface area (Å²) in [4.78, 5) is 18.0. The van der Waals surface area contributed by atoms with Gasteiger partial charge in [0, 0.05) is 31.9 Å². The largest absolute Gasteiger partial charge is 0.311 e. The standard InChI is InChI=1S/C19H24F2N4OS/c1-10-17(27-11(2)22-10)16-15(13-5-4-6-13)18(25(3)24-16)23-14(26)7-12-8-19(20,21)9-12/h12-13H,4-9H2,1-3H3,(H,23,26). The van der Waals surface area contributed by atoms with E-state index in [-0.39, 0.29) is 31.1 Å². The van der Waals surface area contributed by atoms with Crippen LogP contribution in [-0.4, -0.2) is 26.6 Å². The predicted molar refractivity (Wildman–Crippen MR) is 101 cm³/mol. The molecule has 0 atom stereocenters. The summed E-state index contributed by atoms with van der Waals surface area (Å²) in [5.41, 5.74) is 2.92. The zero-order chi connectivity index (χ0) is 19.3. The molecule has 0 saturated heterocycles. The van der Waals surface area contributed by atoms with Crippen LogP contribution in [-0.2, 0) is 11.8 Å². The smallest absolute Gasteiger partial charge is 0.248 e. The Morgan fingerprint density at radius 1 is 1.33 bits per heavy atom. The highest BCUT2D eigenvalue weighted by Gasteiger charge is 2.45. The van der Waals surface area contributed by atoms with Gasteiger partial charge < -0.3 is 5.32 Å². The van der Waals surface area contributed by atoms with Crippen LogP contribution in [0.25, 0.3) is 10.6 Å². The topological polar surface area (TPSA) is 59.8 Å². The minimum absolute atomic E-state index is 0.138. The lowest BCUT2D eigenvalue weighted by molar-refractivity contribution is -0.129. The van der Waals surface area contributed by atoms with Gasteiger partial charge in [0.25, 0.3) is 0 Å². The quantitative estimate of drug-likeness (QED) is 0.792. The number of aromatic nitrogens is 3. The number of hydrogen-bond acceptors (Lipinski definition) is 4. The highest BCUT2D eigenvalue weighted by Crippen LogP contribution is 2.47. The second-order valence-electron chi connectivity index (χ2n) is 7.89. The Hall–Kier alpha value is -1.83. The number of thiazole rings is 1. The first-order valence-electron chi connectivity index (χ1n) is 9.42. The fourth-order valence-corrected chi connectivity index (χ4v) is 4.98. The van der Waals surface area contributed by atoms with Gasteiger partial charge in [-0.1, -0.05) is 6.42 Å². The van der Waals surface area contributed by atoms with Crippen LogP contribution in [0.15, 0.2) is 0 Å². The molecule has 0 spiro atoms. The molecule has 2 heterocycles. The fraction of sp³-hybridized carbons (Fsp3) is 0.632. The number of halogens is 2. The molecule has 0 aromatic carbocycles. The van der Waals surface area contributed by atoms with E-state index >= 15 is 0 Å². The first-order chi connectivity index (χ1) is 12.7. The SMILES string of the molecule is Cc1nc(C)c(-c2nn(C)c(NC(=O)CC3CC(F)(F)C3)c2C2CCC2)s1. The molecule has 1 N–H and O–H groups in total. The summed E-state index contributed by atoms with van der Waals surface area (Å²) in [6, 6.07) is 0. The Morgan fingerprint density at radius 2 is 2.04 bits per heavy atom. The van der Waals surface area contributed by atoms with Crippen molar-refractivity contribution in [2.45, 2.75) is 64.2 Å². The van der Waals surface area contributed by atoms with E-state index < -0.39 is 5.92 Å². The van der Waals surface area contributed by atoms with E-state index in [0.29, 0.717) is 11.7 Å². The highest BCUT2D eigenvalue weighted by atomic mass is 32.1. The molecule has 2 aromatic rings. The maximum Gasteiger partial charge on any atom is 0.248 e. The second kappa shape index (κ2) is 6.65. The molecule has 0 aliphatic heterocycles. The fourth-order valence-electron chi connectivity index (χ4n) is 4.07. The number of anilines is 1. The van der Waals surface area contributed by atoms with E-state index in [4.69, 9.17) is 5.10 Å². The molecule has 5 nitrogen and oxygen atoms in total. The molecule has 1 amide bonds. The highest BCUT2D eigenvalue weighted by molar-refractivity contribution is 7.15. The molecule has 2 aliphatic carbocycles. The van der Waals surface area contributed by atoms with Gasteiger partial charge in [0.05, 0.1) is 15.6 Å². The summed E-state index contributed by atoms with van der Waals surface area (Å²) < 4.78 is 27.8. The number of nitrogens with one attached hydrogen (secondary N) is 1. The molecular weight excluding hydrogens is 370 g/mol. The van der Waals surface area contributed by atoms with Crippen LogP contribution in [0.4, 0.5) is 14.6 Å². The average molecular weight is 394 g/mol.